The van der Waals surface area contributed by atoms with Gasteiger partial charge in [-0.1, -0.05) is 57.2 Å². The highest BCUT2D eigenvalue weighted by molar-refractivity contribution is 5.96. The molecule has 0 bridgehead atoms. The first kappa shape index (κ1) is 28.5. The van der Waals surface area contributed by atoms with Gasteiger partial charge in [-0.15, -0.1) is 0 Å². The summed E-state index contributed by atoms with van der Waals surface area (Å²) in [5, 5.41) is 0. The Bertz CT molecular complexity index is 1270. The van der Waals surface area contributed by atoms with Crippen molar-refractivity contribution in [3.8, 4) is 5.75 Å². The summed E-state index contributed by atoms with van der Waals surface area (Å²) in [6.45, 7) is 12.8. The second-order valence-electron chi connectivity index (χ2n) is 12.6. The number of hydrogen-bond donors (Lipinski definition) is 0. The molecule has 3 aromatic carbocycles. The molecular weight excluding hydrogens is 499 g/mol. The van der Waals surface area contributed by atoms with Gasteiger partial charge in [-0.25, -0.2) is 4.39 Å². The van der Waals surface area contributed by atoms with Gasteiger partial charge in [0.1, 0.15) is 18.2 Å². The zero-order valence-corrected chi connectivity index (χ0v) is 24.3. The van der Waals surface area contributed by atoms with Gasteiger partial charge in [0, 0.05) is 43.7 Å². The molecule has 3 aromatic rings. The average molecular weight is 543 g/mol. The molecule has 2 aliphatic heterocycles. The normalized spacial score (nSPS) is 17.2. The molecule has 0 aromatic heterocycles. The number of fused-ring (bicyclic) bond motifs is 1. The number of carbonyl (C=O) groups is 1. The molecule has 0 radical (unpaired) electrons. The monoisotopic (exact) mass is 542 g/mol. The number of Topliss-reactive ketones (excluding diaryl/α,β-unsaturated/α-hetero) is 1. The number of nitrogens with zero attached hydrogens (tertiary/aromatic N) is 2. The van der Waals surface area contributed by atoms with Crippen LogP contribution in [-0.2, 0) is 25.0 Å². The Morgan fingerprint density at radius 1 is 0.875 bits per heavy atom. The summed E-state index contributed by atoms with van der Waals surface area (Å²) in [5.74, 6) is 1.47. The molecule has 40 heavy (non-hydrogen) atoms. The van der Waals surface area contributed by atoms with Crippen LogP contribution in [0.2, 0.25) is 0 Å². The Morgan fingerprint density at radius 2 is 1.52 bits per heavy atom. The molecule has 0 amide bonds. The predicted octanol–water partition coefficient (Wildman–Crippen LogP) is 7.39. The first-order valence-electron chi connectivity index (χ1n) is 14.8. The van der Waals surface area contributed by atoms with Gasteiger partial charge in [-0.2, -0.15) is 0 Å². The largest absolute Gasteiger partial charge is 0.492 e. The lowest BCUT2D eigenvalue weighted by atomic mass is 9.86. The van der Waals surface area contributed by atoms with Crippen LogP contribution < -0.4 is 4.74 Å². The number of ketones is 1. The summed E-state index contributed by atoms with van der Waals surface area (Å²) in [6, 6.07) is 21.7. The maximum Gasteiger partial charge on any atom is 0.162 e. The Morgan fingerprint density at radius 3 is 2.20 bits per heavy atom. The first-order valence-corrected chi connectivity index (χ1v) is 14.8. The van der Waals surface area contributed by atoms with E-state index in [0.717, 1.165) is 74.4 Å². The van der Waals surface area contributed by atoms with E-state index in [1.807, 2.05) is 30.3 Å². The highest BCUT2D eigenvalue weighted by Crippen LogP contribution is 2.28. The van der Waals surface area contributed by atoms with Crippen molar-refractivity contribution >= 4 is 5.78 Å². The van der Waals surface area contributed by atoms with Gasteiger partial charge < -0.3 is 4.74 Å². The molecule has 2 heterocycles. The third-order valence-electron chi connectivity index (χ3n) is 8.47. The molecule has 1 saturated heterocycles. The number of benzene rings is 3. The zero-order chi connectivity index (χ0) is 28.1. The van der Waals surface area contributed by atoms with Crippen LogP contribution in [0.15, 0.2) is 66.7 Å². The van der Waals surface area contributed by atoms with Crippen LogP contribution in [0.25, 0.3) is 0 Å². The first-order chi connectivity index (χ1) is 19.2. The molecule has 5 heteroatoms. The van der Waals surface area contributed by atoms with Crippen molar-refractivity contribution in [2.24, 2.45) is 5.92 Å². The van der Waals surface area contributed by atoms with Crippen molar-refractivity contribution in [2.45, 2.75) is 71.5 Å². The summed E-state index contributed by atoms with van der Waals surface area (Å²) in [5.41, 5.74) is 5.85. The van der Waals surface area contributed by atoms with Gasteiger partial charge in [-0.3, -0.25) is 14.6 Å². The van der Waals surface area contributed by atoms with Gasteiger partial charge >= 0.3 is 0 Å². The van der Waals surface area contributed by atoms with E-state index < -0.39 is 0 Å². The predicted molar refractivity (Wildman–Crippen MR) is 159 cm³/mol. The molecule has 4 nitrogen and oxygen atoms in total. The second-order valence-corrected chi connectivity index (χ2v) is 12.6. The fraction of sp³-hybridized carbons (Fsp3) is 0.457. The van der Waals surface area contributed by atoms with Gasteiger partial charge in [0.2, 0.25) is 0 Å². The third-order valence-corrected chi connectivity index (χ3v) is 8.47. The van der Waals surface area contributed by atoms with Gasteiger partial charge in [0.25, 0.3) is 0 Å². The van der Waals surface area contributed by atoms with Gasteiger partial charge in [0.05, 0.1) is 0 Å². The second kappa shape index (κ2) is 12.7. The average Bonchev–Trinajstić information content (AvgIpc) is 3.14. The molecule has 0 unspecified atom stereocenters. The maximum atomic E-state index is 13.3. The Kier molecular flexibility index (Phi) is 9.02. The van der Waals surface area contributed by atoms with Crippen molar-refractivity contribution in [2.75, 3.05) is 26.2 Å². The maximum absolute atomic E-state index is 13.3. The van der Waals surface area contributed by atoms with Crippen LogP contribution in [0.5, 0.6) is 5.75 Å². The lowest BCUT2D eigenvalue weighted by molar-refractivity contribution is 0.0961. The van der Waals surface area contributed by atoms with Crippen molar-refractivity contribution < 1.29 is 13.9 Å². The fourth-order valence-corrected chi connectivity index (χ4v) is 5.89. The van der Waals surface area contributed by atoms with Crippen LogP contribution in [0.4, 0.5) is 4.39 Å². The molecule has 0 saturated carbocycles. The van der Waals surface area contributed by atoms with Crippen LogP contribution in [0.1, 0.15) is 79.1 Å². The number of hydrogen-bond acceptors (Lipinski definition) is 4. The number of halogens is 1. The van der Waals surface area contributed by atoms with Crippen molar-refractivity contribution in [1.29, 1.82) is 0 Å². The summed E-state index contributed by atoms with van der Waals surface area (Å²) < 4.78 is 19.3. The zero-order valence-electron chi connectivity index (χ0n) is 24.3. The Labute approximate surface area is 239 Å². The highest BCUT2D eigenvalue weighted by atomic mass is 19.1. The minimum absolute atomic E-state index is 0.187. The van der Waals surface area contributed by atoms with E-state index in [0.29, 0.717) is 25.5 Å². The smallest absolute Gasteiger partial charge is 0.162 e. The van der Waals surface area contributed by atoms with E-state index in [-0.39, 0.29) is 17.0 Å². The topological polar surface area (TPSA) is 32.8 Å². The Balaban J connectivity index is 1.10. The Hall–Kier alpha value is -3.02. The molecule has 212 valence electrons. The SMILES string of the molecule is CC(C)(C)c1ccc(CN2CCC(CCC(=O)c3ccc4c(c3)CN(Cc3ccc(F)cc3)CCO4)CC2)cc1. The van der Waals surface area contributed by atoms with Crippen LogP contribution in [-0.4, -0.2) is 41.8 Å². The van der Waals surface area contributed by atoms with Crippen LogP contribution in [0, 0.1) is 11.7 Å². The highest BCUT2D eigenvalue weighted by Gasteiger charge is 2.22. The molecule has 0 atom stereocenters. The summed E-state index contributed by atoms with van der Waals surface area (Å²) in [6.07, 6.45) is 3.86. The number of ether oxygens (including phenoxy) is 1. The summed E-state index contributed by atoms with van der Waals surface area (Å²) >= 11 is 0. The molecule has 0 aliphatic carbocycles. The molecule has 2 aliphatic rings. The molecular formula is C35H43FN2O2. The minimum Gasteiger partial charge on any atom is -0.492 e. The van der Waals surface area contributed by atoms with Crippen LogP contribution in [0.3, 0.4) is 0 Å². The van der Waals surface area contributed by atoms with E-state index in [1.54, 1.807) is 0 Å². The van der Waals surface area contributed by atoms with E-state index >= 15 is 0 Å². The summed E-state index contributed by atoms with van der Waals surface area (Å²) in [4.78, 5) is 18.0. The molecule has 0 spiro atoms. The molecule has 5 rings (SSSR count). The molecule has 1 fully saturated rings. The van der Waals surface area contributed by atoms with Crippen molar-refractivity contribution in [1.82, 2.24) is 9.80 Å². The van der Waals surface area contributed by atoms with Crippen molar-refractivity contribution in [3.05, 3.63) is 100 Å². The lowest BCUT2D eigenvalue weighted by Gasteiger charge is -2.32. The number of rotatable bonds is 8. The minimum atomic E-state index is -0.219. The lowest BCUT2D eigenvalue weighted by Crippen LogP contribution is -2.33. The standard InChI is InChI=1S/C35H43FN2O2/c1-35(2,3)31-10-4-27(5-11-31)23-37-18-16-26(17-19-37)8-14-33(39)29-9-15-34-30(22-29)25-38(20-21-40-34)24-28-6-12-32(36)13-7-28/h4-7,9-13,15,22,26H,8,14,16-21,23-25H2,1-3H3. The summed E-state index contributed by atoms with van der Waals surface area (Å²) in [7, 11) is 0. The van der Waals surface area contributed by atoms with Crippen molar-refractivity contribution in [3.63, 3.8) is 0 Å². The third kappa shape index (κ3) is 7.58. The number of likely N-dealkylation sites (tertiary alicyclic amines) is 1. The van der Waals surface area contributed by atoms with Gasteiger partial charge in [-0.05, 0) is 90.7 Å². The van der Waals surface area contributed by atoms with E-state index in [9.17, 15) is 9.18 Å². The van der Waals surface area contributed by atoms with E-state index in [2.05, 4.69) is 54.8 Å². The fourth-order valence-electron chi connectivity index (χ4n) is 5.89. The van der Waals surface area contributed by atoms with Gasteiger partial charge in [0.15, 0.2) is 5.78 Å². The number of carbonyl (C=O) groups excluding carboxylic acids is 1. The quantitative estimate of drug-likeness (QED) is 0.278. The molecule has 0 N–H and O–H groups in total. The van der Waals surface area contributed by atoms with E-state index in [1.165, 1.54) is 23.3 Å². The van der Waals surface area contributed by atoms with E-state index in [4.69, 9.17) is 4.74 Å². The van der Waals surface area contributed by atoms with Crippen LogP contribution >= 0.6 is 0 Å². The number of piperidine rings is 1.